The predicted molar refractivity (Wildman–Crippen MR) is 231 cm³/mol. The second-order valence-electron chi connectivity index (χ2n) is 16.7. The van der Waals surface area contributed by atoms with E-state index in [1.165, 1.54) is 80.9 Å². The average Bonchev–Trinajstić information content (AvgIpc) is 3.26. The minimum absolute atomic E-state index is 0.00771. The minimum atomic E-state index is -0.119. The van der Waals surface area contributed by atoms with Gasteiger partial charge in [-0.15, -0.1) is 0 Å². The van der Waals surface area contributed by atoms with Gasteiger partial charge in [-0.2, -0.15) is 0 Å². The summed E-state index contributed by atoms with van der Waals surface area (Å²) >= 11 is 0. The maximum Gasteiger partial charge on any atom is 0.131 e. The lowest BCUT2D eigenvalue weighted by atomic mass is 9.83. The first-order valence-corrected chi connectivity index (χ1v) is 22.1. The molecule has 0 radical (unpaired) electrons. The van der Waals surface area contributed by atoms with Crippen LogP contribution in [0.2, 0.25) is 0 Å². The van der Waals surface area contributed by atoms with Gasteiger partial charge in [-0.25, -0.2) is 8.78 Å². The molecule has 0 unspecified atom stereocenters. The van der Waals surface area contributed by atoms with Crippen molar-refractivity contribution in [3.63, 3.8) is 0 Å². The van der Waals surface area contributed by atoms with Gasteiger partial charge in [0.15, 0.2) is 0 Å². The lowest BCUT2D eigenvalue weighted by molar-refractivity contribution is 0.142. The molecule has 57 heavy (non-hydrogen) atoms. The molecule has 2 fully saturated rings. The van der Waals surface area contributed by atoms with Gasteiger partial charge in [0.05, 0.1) is 0 Å². The summed E-state index contributed by atoms with van der Waals surface area (Å²) in [6, 6.07) is 24.3. The third-order valence-electron chi connectivity index (χ3n) is 12.8. The standard InChI is InChI=1S/C26H35FO2.C25H33FO2/c1-2-21-15-19(7-6-8-20(17-28)18-29)11-13-24(21)25-14-12-23(16-26(25)27)22-9-4-3-5-10-22;1-2-20-14-18(8-9-19(16-27)17-28)10-12-23(20)24-13-11-22(15-25(24)26)21-6-4-3-5-7-21/h11-16,20,22,28-29H,2-10,17-18H2,1H3;10-15,19,21,27-28H,2-9,16-17H2,1H3. The molecule has 6 rings (SSSR count). The Morgan fingerprint density at radius 2 is 0.895 bits per heavy atom. The Labute approximate surface area is 341 Å². The fraction of sp³-hybridized carbons (Fsp3) is 0.529. The summed E-state index contributed by atoms with van der Waals surface area (Å²) in [5.41, 5.74) is 10.4. The van der Waals surface area contributed by atoms with Gasteiger partial charge in [-0.05, 0) is 139 Å². The van der Waals surface area contributed by atoms with Crippen molar-refractivity contribution < 1.29 is 29.2 Å². The van der Waals surface area contributed by atoms with Crippen LogP contribution >= 0.6 is 0 Å². The molecule has 0 spiro atoms. The molecule has 6 heteroatoms. The maximum absolute atomic E-state index is 15.0. The fourth-order valence-corrected chi connectivity index (χ4v) is 9.04. The highest BCUT2D eigenvalue weighted by molar-refractivity contribution is 5.70. The third-order valence-corrected chi connectivity index (χ3v) is 12.8. The molecular formula is C51H68F2O4. The zero-order valence-electron chi connectivity index (χ0n) is 34.6. The van der Waals surface area contributed by atoms with E-state index >= 15 is 4.39 Å². The number of aliphatic hydroxyl groups excluding tert-OH is 4. The lowest BCUT2D eigenvalue weighted by Gasteiger charge is -2.22. The van der Waals surface area contributed by atoms with Crippen molar-refractivity contribution in [3.8, 4) is 22.3 Å². The van der Waals surface area contributed by atoms with Crippen molar-refractivity contribution >= 4 is 0 Å². The van der Waals surface area contributed by atoms with Gasteiger partial charge < -0.3 is 20.4 Å². The van der Waals surface area contributed by atoms with Crippen LogP contribution in [0, 0.1) is 23.5 Å². The second-order valence-corrected chi connectivity index (χ2v) is 16.7. The van der Waals surface area contributed by atoms with Crippen LogP contribution in [0.5, 0.6) is 0 Å². The summed E-state index contributed by atoms with van der Waals surface area (Å²) in [4.78, 5) is 0. The molecule has 0 aliphatic heterocycles. The molecule has 2 saturated carbocycles. The number of benzene rings is 4. The average molecular weight is 783 g/mol. The van der Waals surface area contributed by atoms with Crippen LogP contribution in [0.15, 0.2) is 72.8 Å². The highest BCUT2D eigenvalue weighted by atomic mass is 19.1. The van der Waals surface area contributed by atoms with Crippen molar-refractivity contribution in [2.75, 3.05) is 26.4 Å². The summed E-state index contributed by atoms with van der Waals surface area (Å²) in [5, 5.41) is 36.9. The van der Waals surface area contributed by atoms with E-state index in [4.69, 9.17) is 0 Å². The monoisotopic (exact) mass is 783 g/mol. The molecule has 4 aromatic carbocycles. The Bertz CT molecular complexity index is 1800. The van der Waals surface area contributed by atoms with Crippen molar-refractivity contribution in [1.82, 2.24) is 0 Å². The number of hydrogen-bond acceptors (Lipinski definition) is 4. The van der Waals surface area contributed by atoms with Gasteiger partial charge in [-0.3, -0.25) is 0 Å². The van der Waals surface area contributed by atoms with Crippen LogP contribution in [-0.4, -0.2) is 46.9 Å². The van der Waals surface area contributed by atoms with Gasteiger partial charge in [0, 0.05) is 49.4 Å². The SMILES string of the molecule is CCc1cc(CCC(CO)CO)ccc1-c1ccc(C2CCCCC2)cc1F.CCc1cc(CCCC(CO)CO)ccc1-c1ccc(C2CCCCC2)cc1F. The Balaban J connectivity index is 0.000000218. The quantitative estimate of drug-likeness (QED) is 0.0860. The van der Waals surface area contributed by atoms with E-state index in [-0.39, 0.29) is 49.9 Å². The zero-order valence-corrected chi connectivity index (χ0v) is 34.6. The molecule has 0 heterocycles. The van der Waals surface area contributed by atoms with E-state index < -0.39 is 0 Å². The summed E-state index contributed by atoms with van der Waals surface area (Å²) < 4.78 is 30.0. The molecule has 0 bridgehead atoms. The van der Waals surface area contributed by atoms with E-state index in [0.29, 0.717) is 23.0 Å². The molecule has 310 valence electrons. The normalized spacial score (nSPS) is 15.3. The van der Waals surface area contributed by atoms with E-state index in [9.17, 15) is 24.8 Å². The summed E-state index contributed by atoms with van der Waals surface area (Å²) in [7, 11) is 0. The third kappa shape index (κ3) is 12.5. The highest BCUT2D eigenvalue weighted by Crippen LogP contribution is 2.37. The van der Waals surface area contributed by atoms with E-state index in [1.807, 2.05) is 18.2 Å². The molecule has 0 atom stereocenters. The number of aliphatic hydroxyl groups is 4. The minimum Gasteiger partial charge on any atom is -0.396 e. The number of rotatable bonds is 17. The van der Waals surface area contributed by atoms with E-state index in [0.717, 1.165) is 72.8 Å². The van der Waals surface area contributed by atoms with E-state index in [2.05, 4.69) is 56.3 Å². The van der Waals surface area contributed by atoms with Crippen molar-refractivity contribution in [2.24, 2.45) is 11.8 Å². The first kappa shape index (κ1) is 44.7. The Morgan fingerprint density at radius 1 is 0.491 bits per heavy atom. The molecular weight excluding hydrogens is 715 g/mol. The smallest absolute Gasteiger partial charge is 0.131 e. The topological polar surface area (TPSA) is 80.9 Å². The van der Waals surface area contributed by atoms with Crippen LogP contribution in [0.25, 0.3) is 22.3 Å². The largest absolute Gasteiger partial charge is 0.396 e. The predicted octanol–water partition coefficient (Wildman–Crippen LogP) is 11.7. The zero-order chi connectivity index (χ0) is 40.6. The van der Waals surface area contributed by atoms with Crippen LogP contribution in [0.4, 0.5) is 8.78 Å². The van der Waals surface area contributed by atoms with Crippen molar-refractivity contribution in [3.05, 3.63) is 118 Å². The van der Waals surface area contributed by atoms with Crippen molar-refractivity contribution in [1.29, 1.82) is 0 Å². The van der Waals surface area contributed by atoms with Crippen LogP contribution in [-0.2, 0) is 25.7 Å². The van der Waals surface area contributed by atoms with Gasteiger partial charge >= 0.3 is 0 Å². The first-order chi connectivity index (χ1) is 27.8. The van der Waals surface area contributed by atoms with Crippen LogP contribution in [0.1, 0.15) is 143 Å². The number of halogens is 2. The van der Waals surface area contributed by atoms with E-state index in [1.54, 1.807) is 12.1 Å². The van der Waals surface area contributed by atoms with Crippen LogP contribution in [0.3, 0.4) is 0 Å². The number of hydrogen-bond donors (Lipinski definition) is 4. The lowest BCUT2D eigenvalue weighted by Crippen LogP contribution is -2.12. The molecule has 4 nitrogen and oxygen atoms in total. The van der Waals surface area contributed by atoms with Crippen molar-refractivity contribution in [2.45, 2.75) is 135 Å². The molecule has 2 aliphatic carbocycles. The maximum atomic E-state index is 15.0. The summed E-state index contributed by atoms with van der Waals surface area (Å²) in [6.07, 6.45) is 18.3. The molecule has 4 N–H and O–H groups in total. The summed E-state index contributed by atoms with van der Waals surface area (Å²) in [6.45, 7) is 4.30. The van der Waals surface area contributed by atoms with Gasteiger partial charge in [-0.1, -0.05) is 113 Å². The Hall–Kier alpha value is -3.42. The fourth-order valence-electron chi connectivity index (χ4n) is 9.04. The Morgan fingerprint density at radius 3 is 1.30 bits per heavy atom. The molecule has 0 saturated heterocycles. The highest BCUT2D eigenvalue weighted by Gasteiger charge is 2.20. The Kier molecular flexibility index (Phi) is 18.2. The van der Waals surface area contributed by atoms with Gasteiger partial charge in [0.2, 0.25) is 0 Å². The second kappa shape index (κ2) is 23.2. The number of aryl methyl sites for hydroxylation is 4. The molecule has 0 aromatic heterocycles. The first-order valence-electron chi connectivity index (χ1n) is 22.1. The molecule has 0 amide bonds. The molecule has 4 aromatic rings. The summed E-state index contributed by atoms with van der Waals surface area (Å²) in [5.74, 6) is 0.694. The van der Waals surface area contributed by atoms with Crippen LogP contribution < -0.4 is 0 Å². The molecule has 2 aliphatic rings. The van der Waals surface area contributed by atoms with Gasteiger partial charge in [0.25, 0.3) is 0 Å². The van der Waals surface area contributed by atoms with Gasteiger partial charge in [0.1, 0.15) is 11.6 Å².